The van der Waals surface area contributed by atoms with Crippen molar-refractivity contribution in [3.8, 4) is 0 Å². The van der Waals surface area contributed by atoms with Crippen molar-refractivity contribution in [2.24, 2.45) is 5.41 Å². The maximum absolute atomic E-state index is 9.02. The lowest BCUT2D eigenvalue weighted by atomic mass is 9.70. The lowest BCUT2D eigenvalue weighted by Gasteiger charge is -2.39. The molecule has 0 fully saturated rings. The zero-order chi connectivity index (χ0) is 14.5. The van der Waals surface area contributed by atoms with Gasteiger partial charge in [0.2, 0.25) is 0 Å². The van der Waals surface area contributed by atoms with E-state index in [1.165, 1.54) is 36.0 Å². The topological polar surface area (TPSA) is 29.5 Å². The van der Waals surface area contributed by atoms with Gasteiger partial charge in [0.25, 0.3) is 0 Å². The standard InChI is InChI=1S/C17H30O2/c1-6-19-15(12-13(2)9-11-18)16-14(3)8-7-10-17(16,4)5/h9,15,18H,6-8,10-12H2,1-5H3/b13-9+. The van der Waals surface area contributed by atoms with Gasteiger partial charge in [-0.3, -0.25) is 0 Å². The summed E-state index contributed by atoms with van der Waals surface area (Å²) in [6.45, 7) is 11.9. The molecule has 0 bridgehead atoms. The van der Waals surface area contributed by atoms with E-state index >= 15 is 0 Å². The smallest absolute Gasteiger partial charge is 0.0829 e. The molecule has 1 unspecified atom stereocenters. The van der Waals surface area contributed by atoms with Crippen molar-refractivity contribution in [1.82, 2.24) is 0 Å². The second kappa shape index (κ2) is 7.25. The van der Waals surface area contributed by atoms with E-state index in [9.17, 15) is 0 Å². The predicted octanol–water partition coefficient (Wildman–Crippen LogP) is 4.25. The molecule has 0 amide bonds. The maximum atomic E-state index is 9.02. The number of ether oxygens (including phenoxy) is 1. The Labute approximate surface area is 118 Å². The van der Waals surface area contributed by atoms with Crippen LogP contribution in [0.4, 0.5) is 0 Å². The molecule has 0 aromatic rings. The lowest BCUT2D eigenvalue weighted by Crippen LogP contribution is -2.31. The molecule has 1 aliphatic carbocycles. The lowest BCUT2D eigenvalue weighted by molar-refractivity contribution is 0.0689. The minimum Gasteiger partial charge on any atom is -0.392 e. The van der Waals surface area contributed by atoms with E-state index in [4.69, 9.17) is 9.84 Å². The maximum Gasteiger partial charge on any atom is 0.0829 e. The minimum atomic E-state index is 0.117. The first-order valence-corrected chi connectivity index (χ1v) is 7.50. The quantitative estimate of drug-likeness (QED) is 0.728. The van der Waals surface area contributed by atoms with Crippen LogP contribution >= 0.6 is 0 Å². The summed E-state index contributed by atoms with van der Waals surface area (Å²) in [7, 11) is 0. The summed E-state index contributed by atoms with van der Waals surface area (Å²) in [6, 6.07) is 0. The molecule has 2 heteroatoms. The van der Waals surface area contributed by atoms with Crippen LogP contribution in [0.15, 0.2) is 22.8 Å². The molecule has 0 aromatic carbocycles. The van der Waals surface area contributed by atoms with Gasteiger partial charge in [0.1, 0.15) is 0 Å². The fourth-order valence-corrected chi connectivity index (χ4v) is 3.33. The molecule has 0 heterocycles. The van der Waals surface area contributed by atoms with Crippen molar-refractivity contribution in [2.75, 3.05) is 13.2 Å². The molecule has 0 aliphatic heterocycles. The van der Waals surface area contributed by atoms with Crippen molar-refractivity contribution >= 4 is 0 Å². The molecule has 19 heavy (non-hydrogen) atoms. The van der Waals surface area contributed by atoms with Gasteiger partial charge < -0.3 is 9.84 Å². The normalized spacial score (nSPS) is 21.7. The number of rotatable bonds is 6. The summed E-state index contributed by atoms with van der Waals surface area (Å²) in [5.74, 6) is 0. The minimum absolute atomic E-state index is 0.117. The van der Waals surface area contributed by atoms with Crippen LogP contribution in [0.5, 0.6) is 0 Å². The Morgan fingerprint density at radius 3 is 2.68 bits per heavy atom. The van der Waals surface area contributed by atoms with Crippen LogP contribution in [0.3, 0.4) is 0 Å². The predicted molar refractivity (Wildman–Crippen MR) is 81.2 cm³/mol. The molecule has 0 saturated heterocycles. The number of hydrogen-bond donors (Lipinski definition) is 1. The van der Waals surface area contributed by atoms with E-state index < -0.39 is 0 Å². The van der Waals surface area contributed by atoms with Crippen LogP contribution in [0.2, 0.25) is 0 Å². The van der Waals surface area contributed by atoms with Crippen molar-refractivity contribution in [2.45, 2.75) is 66.4 Å². The van der Waals surface area contributed by atoms with E-state index in [-0.39, 0.29) is 18.1 Å². The third kappa shape index (κ3) is 4.47. The highest BCUT2D eigenvalue weighted by Crippen LogP contribution is 2.43. The SMILES string of the molecule is CCOC(C/C(C)=C/CO)C1=C(C)CCCC1(C)C. The summed E-state index contributed by atoms with van der Waals surface area (Å²) < 4.78 is 6.02. The van der Waals surface area contributed by atoms with Crippen LogP contribution in [0.1, 0.15) is 60.3 Å². The zero-order valence-electron chi connectivity index (χ0n) is 13.3. The molecular weight excluding hydrogens is 236 g/mol. The first-order valence-electron chi connectivity index (χ1n) is 7.50. The highest BCUT2D eigenvalue weighted by molar-refractivity contribution is 5.28. The van der Waals surface area contributed by atoms with E-state index in [1.807, 2.05) is 6.08 Å². The average molecular weight is 266 g/mol. The molecule has 0 radical (unpaired) electrons. The third-order valence-electron chi connectivity index (χ3n) is 4.18. The van der Waals surface area contributed by atoms with Gasteiger partial charge in [-0.15, -0.1) is 0 Å². The fourth-order valence-electron chi connectivity index (χ4n) is 3.33. The van der Waals surface area contributed by atoms with Gasteiger partial charge in [-0.25, -0.2) is 0 Å². The largest absolute Gasteiger partial charge is 0.392 e. The first-order chi connectivity index (χ1) is 8.92. The van der Waals surface area contributed by atoms with Gasteiger partial charge in [-0.2, -0.15) is 0 Å². The second-order valence-electron chi connectivity index (χ2n) is 6.31. The monoisotopic (exact) mass is 266 g/mol. The van der Waals surface area contributed by atoms with Gasteiger partial charge in [0.05, 0.1) is 12.7 Å². The van der Waals surface area contributed by atoms with Crippen molar-refractivity contribution < 1.29 is 9.84 Å². The van der Waals surface area contributed by atoms with E-state index in [0.29, 0.717) is 0 Å². The second-order valence-corrected chi connectivity index (χ2v) is 6.31. The zero-order valence-corrected chi connectivity index (χ0v) is 13.3. The van der Waals surface area contributed by atoms with Crippen LogP contribution in [-0.4, -0.2) is 24.4 Å². The van der Waals surface area contributed by atoms with Crippen LogP contribution in [0, 0.1) is 5.41 Å². The Hall–Kier alpha value is -0.600. The fraction of sp³-hybridized carbons (Fsp3) is 0.765. The van der Waals surface area contributed by atoms with Crippen LogP contribution in [-0.2, 0) is 4.74 Å². The molecule has 1 atom stereocenters. The van der Waals surface area contributed by atoms with Gasteiger partial charge in [-0.1, -0.05) is 31.1 Å². The summed E-state index contributed by atoms with van der Waals surface area (Å²) in [5.41, 5.74) is 4.45. The Balaban J connectivity index is 2.99. The third-order valence-corrected chi connectivity index (χ3v) is 4.18. The van der Waals surface area contributed by atoms with Gasteiger partial charge >= 0.3 is 0 Å². The van der Waals surface area contributed by atoms with Crippen LogP contribution < -0.4 is 0 Å². The molecule has 0 saturated carbocycles. The number of aliphatic hydroxyl groups excluding tert-OH is 1. The van der Waals surface area contributed by atoms with Gasteiger partial charge in [-0.05, 0) is 57.4 Å². The Kier molecular flexibility index (Phi) is 6.28. The van der Waals surface area contributed by atoms with Gasteiger partial charge in [0.15, 0.2) is 0 Å². The molecule has 110 valence electrons. The molecule has 2 nitrogen and oxygen atoms in total. The Morgan fingerprint density at radius 2 is 2.16 bits per heavy atom. The molecule has 1 aliphatic rings. The summed E-state index contributed by atoms with van der Waals surface area (Å²) in [5, 5.41) is 9.02. The molecular formula is C17H30O2. The van der Waals surface area contributed by atoms with E-state index in [2.05, 4.69) is 34.6 Å². The van der Waals surface area contributed by atoms with E-state index in [1.54, 1.807) is 0 Å². The van der Waals surface area contributed by atoms with Crippen molar-refractivity contribution in [3.05, 3.63) is 22.8 Å². The molecule has 0 aromatic heterocycles. The van der Waals surface area contributed by atoms with Crippen molar-refractivity contribution in [3.63, 3.8) is 0 Å². The highest BCUT2D eigenvalue weighted by Gasteiger charge is 2.33. The number of allylic oxidation sites excluding steroid dienone is 1. The average Bonchev–Trinajstić information content (AvgIpc) is 2.27. The van der Waals surface area contributed by atoms with Crippen molar-refractivity contribution in [1.29, 1.82) is 0 Å². The highest BCUT2D eigenvalue weighted by atomic mass is 16.5. The van der Waals surface area contributed by atoms with E-state index in [0.717, 1.165) is 13.0 Å². The molecule has 1 N–H and O–H groups in total. The Morgan fingerprint density at radius 1 is 1.47 bits per heavy atom. The summed E-state index contributed by atoms with van der Waals surface area (Å²) in [4.78, 5) is 0. The van der Waals surface area contributed by atoms with Crippen LogP contribution in [0.25, 0.3) is 0 Å². The molecule has 1 rings (SSSR count). The summed E-state index contributed by atoms with van der Waals surface area (Å²) in [6.07, 6.45) is 6.68. The number of aliphatic hydroxyl groups is 1. The van der Waals surface area contributed by atoms with Gasteiger partial charge in [0, 0.05) is 6.61 Å². The first kappa shape index (κ1) is 16.5. The number of hydrogen-bond acceptors (Lipinski definition) is 2. The Bertz CT molecular complexity index is 350. The molecule has 0 spiro atoms. The summed E-state index contributed by atoms with van der Waals surface area (Å²) >= 11 is 0.